The largest absolute Gasteiger partial charge is 0.489 e. The summed E-state index contributed by atoms with van der Waals surface area (Å²) in [5, 5.41) is 7.09. The number of hydrogen-bond donors (Lipinski definition) is 1. The molecule has 1 aromatic heterocycles. The number of benzene rings is 1. The number of fused-ring (bicyclic) bond motifs is 2. The zero-order chi connectivity index (χ0) is 19.6. The Bertz CT molecular complexity index is 902. The Morgan fingerprint density at radius 2 is 2.21 bits per heavy atom. The van der Waals surface area contributed by atoms with Gasteiger partial charge in [0.15, 0.2) is 17.3 Å². The molecular weight excluding hydrogens is 354 g/mol. The molecule has 1 aromatic carbocycles. The molecule has 4 rings (SSSR count). The van der Waals surface area contributed by atoms with Crippen molar-refractivity contribution in [3.8, 4) is 11.5 Å². The van der Waals surface area contributed by atoms with Crippen molar-refractivity contribution in [1.82, 2.24) is 10.2 Å². The van der Waals surface area contributed by atoms with E-state index in [-0.39, 0.29) is 5.97 Å². The molecule has 0 bridgehead atoms. The van der Waals surface area contributed by atoms with Gasteiger partial charge in [-0.25, -0.2) is 4.99 Å². The topological polar surface area (TPSA) is 76.6 Å². The number of aliphatic imine (C=N–C) groups is 1. The first-order valence-corrected chi connectivity index (χ1v) is 10.2. The average molecular weight is 381 g/mol. The third-order valence-corrected chi connectivity index (χ3v) is 5.79. The van der Waals surface area contributed by atoms with Crippen molar-refractivity contribution in [2.24, 2.45) is 4.99 Å². The normalized spacial score (nSPS) is 21.0. The van der Waals surface area contributed by atoms with E-state index in [0.717, 1.165) is 48.9 Å². The van der Waals surface area contributed by atoms with Gasteiger partial charge in [0.05, 0.1) is 12.8 Å². The second-order valence-electron chi connectivity index (χ2n) is 7.61. The molecule has 2 aromatic rings. The maximum Gasteiger partial charge on any atom is 0.322 e. The molecule has 0 fully saturated rings. The highest BCUT2D eigenvalue weighted by Crippen LogP contribution is 2.44. The molecule has 0 amide bonds. The molecule has 28 heavy (non-hydrogen) atoms. The van der Waals surface area contributed by atoms with Crippen molar-refractivity contribution in [3.05, 3.63) is 35.5 Å². The molecule has 0 saturated carbocycles. The lowest BCUT2D eigenvalue weighted by Crippen LogP contribution is -2.42. The lowest BCUT2D eigenvalue weighted by atomic mass is 9.73. The quantitative estimate of drug-likeness (QED) is 0.604. The summed E-state index contributed by atoms with van der Waals surface area (Å²) in [7, 11) is 0. The van der Waals surface area contributed by atoms with Gasteiger partial charge in [-0.15, -0.1) is 0 Å². The molecule has 2 aliphatic rings. The first-order valence-electron chi connectivity index (χ1n) is 10.2. The van der Waals surface area contributed by atoms with Gasteiger partial charge in [0.2, 0.25) is 0 Å². The summed E-state index contributed by atoms with van der Waals surface area (Å²) >= 11 is 0. The minimum atomic E-state index is -0.776. The van der Waals surface area contributed by atoms with Crippen LogP contribution in [0.15, 0.2) is 29.4 Å². The van der Waals surface area contributed by atoms with E-state index in [1.165, 1.54) is 0 Å². The summed E-state index contributed by atoms with van der Waals surface area (Å²) < 4.78 is 11.9. The number of nitrogens with one attached hydrogen (secondary N) is 1. The molecule has 1 unspecified atom stereocenters. The second-order valence-corrected chi connectivity index (χ2v) is 7.61. The van der Waals surface area contributed by atoms with Gasteiger partial charge in [0.1, 0.15) is 5.41 Å². The fourth-order valence-corrected chi connectivity index (χ4v) is 4.22. The van der Waals surface area contributed by atoms with Crippen LogP contribution in [0.4, 0.5) is 5.82 Å². The summed E-state index contributed by atoms with van der Waals surface area (Å²) in [4.78, 5) is 18.2. The minimum Gasteiger partial charge on any atom is -0.489 e. The van der Waals surface area contributed by atoms with Crippen molar-refractivity contribution >= 4 is 17.5 Å². The molecule has 6 heteroatoms. The standard InChI is InChI=1S/C22H27N3O3/c1-3-8-16-13-22(4-2,17-14-23-25-20(17)24-16)21(26)28-18-11-7-10-15-9-5-6-12-27-19(15)18/h7,10-11,14H,3-6,8-9,12-13H2,1-2H3,(H,23,25). The number of hydrogen-bond acceptors (Lipinski definition) is 5. The number of H-pyrrole nitrogens is 1. The van der Waals surface area contributed by atoms with E-state index in [9.17, 15) is 4.79 Å². The summed E-state index contributed by atoms with van der Waals surface area (Å²) in [6.45, 7) is 4.79. The molecule has 0 aliphatic carbocycles. The number of carbonyl (C=O) groups is 1. The molecule has 148 valence electrons. The molecule has 1 atom stereocenters. The zero-order valence-corrected chi connectivity index (χ0v) is 16.6. The van der Waals surface area contributed by atoms with E-state index in [0.29, 0.717) is 36.8 Å². The predicted molar refractivity (Wildman–Crippen MR) is 108 cm³/mol. The molecule has 3 heterocycles. The number of carbonyl (C=O) groups excluding carboxylic acids is 1. The smallest absolute Gasteiger partial charge is 0.322 e. The van der Waals surface area contributed by atoms with Gasteiger partial charge < -0.3 is 9.47 Å². The predicted octanol–water partition coefficient (Wildman–Crippen LogP) is 4.65. The van der Waals surface area contributed by atoms with Crippen molar-refractivity contribution < 1.29 is 14.3 Å². The first-order chi connectivity index (χ1) is 13.7. The first kappa shape index (κ1) is 18.7. The third kappa shape index (κ3) is 3.21. The zero-order valence-electron chi connectivity index (χ0n) is 16.6. The molecule has 6 nitrogen and oxygen atoms in total. The number of ether oxygens (including phenoxy) is 2. The summed E-state index contributed by atoms with van der Waals surface area (Å²) in [5.74, 6) is 1.64. The van der Waals surface area contributed by atoms with Gasteiger partial charge in [0, 0.05) is 17.7 Å². The molecule has 0 spiro atoms. The monoisotopic (exact) mass is 381 g/mol. The van der Waals surface area contributed by atoms with Gasteiger partial charge in [-0.05, 0) is 43.7 Å². The maximum atomic E-state index is 13.5. The van der Waals surface area contributed by atoms with Crippen LogP contribution in [0.1, 0.15) is 63.5 Å². The van der Waals surface area contributed by atoms with E-state index in [1.54, 1.807) is 6.20 Å². The Morgan fingerprint density at radius 3 is 3.04 bits per heavy atom. The van der Waals surface area contributed by atoms with E-state index >= 15 is 0 Å². The van der Waals surface area contributed by atoms with Gasteiger partial charge in [-0.3, -0.25) is 9.89 Å². The van der Waals surface area contributed by atoms with Crippen molar-refractivity contribution in [3.63, 3.8) is 0 Å². The van der Waals surface area contributed by atoms with Crippen LogP contribution in [-0.2, 0) is 16.6 Å². The fourth-order valence-electron chi connectivity index (χ4n) is 4.22. The van der Waals surface area contributed by atoms with Crippen LogP contribution >= 0.6 is 0 Å². The lowest BCUT2D eigenvalue weighted by molar-refractivity contribution is -0.141. The second kappa shape index (κ2) is 7.78. The van der Waals surface area contributed by atoms with E-state index < -0.39 is 5.41 Å². The molecule has 0 radical (unpaired) electrons. The SMILES string of the molecule is CCCC1=Nc2[nH]ncc2C(CC)(C(=O)Oc2cccc3c2OCCCC3)C1. The molecule has 1 N–H and O–H groups in total. The number of aryl methyl sites for hydroxylation is 1. The van der Waals surface area contributed by atoms with Crippen LogP contribution in [0.5, 0.6) is 11.5 Å². The van der Waals surface area contributed by atoms with Gasteiger partial charge in [-0.2, -0.15) is 5.10 Å². The number of esters is 1. The van der Waals surface area contributed by atoms with Gasteiger partial charge in [-0.1, -0.05) is 32.4 Å². The Balaban J connectivity index is 1.68. The van der Waals surface area contributed by atoms with Crippen LogP contribution in [0.3, 0.4) is 0 Å². The minimum absolute atomic E-state index is 0.262. The lowest BCUT2D eigenvalue weighted by Gasteiger charge is -2.33. The summed E-state index contributed by atoms with van der Waals surface area (Å²) in [5.41, 5.74) is 2.17. The van der Waals surface area contributed by atoms with Gasteiger partial charge >= 0.3 is 5.97 Å². The molecule has 0 saturated heterocycles. The Hall–Kier alpha value is -2.63. The van der Waals surface area contributed by atoms with Crippen molar-refractivity contribution in [2.75, 3.05) is 6.61 Å². The maximum absolute atomic E-state index is 13.5. The number of nitrogens with zero attached hydrogens (tertiary/aromatic N) is 2. The highest BCUT2D eigenvalue weighted by Gasteiger charge is 2.46. The van der Waals surface area contributed by atoms with Crippen LogP contribution in [0.25, 0.3) is 0 Å². The number of aromatic amines is 1. The third-order valence-electron chi connectivity index (χ3n) is 5.79. The number of aromatic nitrogens is 2. The van der Waals surface area contributed by atoms with Crippen LogP contribution in [0, 0.1) is 0 Å². The van der Waals surface area contributed by atoms with Crippen LogP contribution in [-0.4, -0.2) is 28.5 Å². The summed E-state index contributed by atoms with van der Waals surface area (Å²) in [6, 6.07) is 5.81. The Labute approximate surface area is 165 Å². The highest BCUT2D eigenvalue weighted by atomic mass is 16.6. The Morgan fingerprint density at radius 1 is 1.32 bits per heavy atom. The van der Waals surface area contributed by atoms with Crippen LogP contribution < -0.4 is 9.47 Å². The molecule has 2 aliphatic heterocycles. The Kier molecular flexibility index (Phi) is 5.20. The van der Waals surface area contributed by atoms with Crippen molar-refractivity contribution in [1.29, 1.82) is 0 Å². The number of para-hydroxylation sites is 1. The average Bonchev–Trinajstić information content (AvgIpc) is 3.04. The molecular formula is C22H27N3O3. The van der Waals surface area contributed by atoms with E-state index in [1.807, 2.05) is 25.1 Å². The fraction of sp³-hybridized carbons (Fsp3) is 0.500. The van der Waals surface area contributed by atoms with E-state index in [2.05, 4.69) is 22.1 Å². The van der Waals surface area contributed by atoms with Crippen molar-refractivity contribution in [2.45, 2.75) is 64.2 Å². The van der Waals surface area contributed by atoms with Gasteiger partial charge in [0.25, 0.3) is 0 Å². The summed E-state index contributed by atoms with van der Waals surface area (Å²) in [6.07, 6.45) is 7.78. The van der Waals surface area contributed by atoms with Crippen LogP contribution in [0.2, 0.25) is 0 Å². The highest BCUT2D eigenvalue weighted by molar-refractivity contribution is 5.99. The van der Waals surface area contributed by atoms with E-state index in [4.69, 9.17) is 9.47 Å². The number of rotatable bonds is 5.